The first-order valence-electron chi connectivity index (χ1n) is 9.26. The number of ketones is 1. The first-order valence-corrected chi connectivity index (χ1v) is 11.2. The van der Waals surface area contributed by atoms with Crippen molar-refractivity contribution in [2.45, 2.75) is 38.6 Å². The number of hydrogen-bond acceptors (Lipinski definition) is 6. The summed E-state index contributed by atoms with van der Waals surface area (Å²) < 4.78 is 36.3. The van der Waals surface area contributed by atoms with E-state index in [2.05, 4.69) is 4.72 Å². The Morgan fingerprint density at radius 3 is 2.68 bits per heavy atom. The second-order valence-electron chi connectivity index (χ2n) is 6.94. The number of likely N-dealkylation sites (tertiary alicyclic amines) is 1. The molecule has 0 saturated carbocycles. The summed E-state index contributed by atoms with van der Waals surface area (Å²) in [6, 6.07) is 4.76. The normalized spacial score (nSPS) is 17.2. The number of amides is 1. The lowest BCUT2D eigenvalue weighted by atomic mass is 10.1. The number of nitrogens with one attached hydrogen (secondary N) is 1. The average molecular weight is 413 g/mol. The predicted molar refractivity (Wildman–Crippen MR) is 105 cm³/mol. The van der Waals surface area contributed by atoms with Crippen molar-refractivity contribution in [3.05, 3.63) is 23.8 Å². The van der Waals surface area contributed by atoms with Gasteiger partial charge in [0.2, 0.25) is 15.9 Å². The Kier molecular flexibility index (Phi) is 7.82. The summed E-state index contributed by atoms with van der Waals surface area (Å²) in [7, 11) is -1.77. The molecule has 2 rings (SSSR count). The van der Waals surface area contributed by atoms with Crippen LogP contribution in [0.2, 0.25) is 0 Å². The number of Topliss-reactive ketones (excluding diaryl/α,β-unsaturated/α-hetero) is 1. The maximum Gasteiger partial charge on any atom is 0.222 e. The van der Waals surface area contributed by atoms with Crippen LogP contribution < -0.4 is 14.2 Å². The van der Waals surface area contributed by atoms with E-state index in [1.54, 1.807) is 23.1 Å². The summed E-state index contributed by atoms with van der Waals surface area (Å²) in [5, 5.41) is 0. The fraction of sp³-hybridized carbons (Fsp3) is 0.579. The summed E-state index contributed by atoms with van der Waals surface area (Å²) in [5.41, 5.74) is 0.543. The molecule has 1 amide bonds. The van der Waals surface area contributed by atoms with E-state index < -0.39 is 10.0 Å². The van der Waals surface area contributed by atoms with Gasteiger partial charge in [0.15, 0.2) is 17.3 Å². The van der Waals surface area contributed by atoms with Crippen molar-refractivity contribution in [2.24, 2.45) is 0 Å². The van der Waals surface area contributed by atoms with Crippen molar-refractivity contribution >= 4 is 21.7 Å². The predicted octanol–water partition coefficient (Wildman–Crippen LogP) is 1.60. The van der Waals surface area contributed by atoms with Gasteiger partial charge in [-0.05, 0) is 44.4 Å². The highest BCUT2D eigenvalue weighted by atomic mass is 32.2. The minimum Gasteiger partial charge on any atom is -0.493 e. The lowest BCUT2D eigenvalue weighted by Gasteiger charge is -2.32. The topological polar surface area (TPSA) is 102 Å². The van der Waals surface area contributed by atoms with E-state index in [4.69, 9.17) is 9.47 Å². The van der Waals surface area contributed by atoms with Crippen LogP contribution in [0.1, 0.15) is 43.0 Å². The largest absolute Gasteiger partial charge is 0.493 e. The fourth-order valence-corrected chi connectivity index (χ4v) is 3.97. The second-order valence-corrected chi connectivity index (χ2v) is 8.72. The van der Waals surface area contributed by atoms with Gasteiger partial charge in [-0.15, -0.1) is 0 Å². The molecule has 156 valence electrons. The Bertz CT molecular complexity index is 809. The third-order valence-electron chi connectivity index (χ3n) is 4.52. The van der Waals surface area contributed by atoms with Crippen LogP contribution in [0, 0.1) is 0 Å². The summed E-state index contributed by atoms with van der Waals surface area (Å²) in [6.07, 6.45) is 3.48. The van der Waals surface area contributed by atoms with Crippen molar-refractivity contribution in [1.29, 1.82) is 0 Å². The first kappa shape index (κ1) is 22.2. The molecule has 8 nitrogen and oxygen atoms in total. The van der Waals surface area contributed by atoms with Crippen LogP contribution in [0.25, 0.3) is 0 Å². The van der Waals surface area contributed by atoms with E-state index in [9.17, 15) is 18.0 Å². The molecular weight excluding hydrogens is 384 g/mol. The Morgan fingerprint density at radius 2 is 2.04 bits per heavy atom. The van der Waals surface area contributed by atoms with Crippen LogP contribution in [0.15, 0.2) is 18.2 Å². The van der Waals surface area contributed by atoms with E-state index in [0.717, 1.165) is 19.1 Å². The van der Waals surface area contributed by atoms with Gasteiger partial charge in [-0.25, -0.2) is 13.1 Å². The van der Waals surface area contributed by atoms with Gasteiger partial charge in [-0.1, -0.05) is 0 Å². The van der Waals surface area contributed by atoms with Gasteiger partial charge in [0, 0.05) is 31.1 Å². The number of ether oxygens (including phenoxy) is 2. The van der Waals surface area contributed by atoms with E-state index in [1.807, 2.05) is 0 Å². The summed E-state index contributed by atoms with van der Waals surface area (Å²) in [6.45, 7) is 2.85. The number of rotatable bonds is 9. The van der Waals surface area contributed by atoms with E-state index in [1.165, 1.54) is 14.0 Å². The SMILES string of the molecule is COc1cc(C(C)=O)ccc1OCCCC(=O)N1CCCC(NS(C)(=O)=O)C1. The average Bonchev–Trinajstić information content (AvgIpc) is 2.63. The molecule has 1 aliphatic heterocycles. The highest BCUT2D eigenvalue weighted by molar-refractivity contribution is 7.88. The fourth-order valence-electron chi connectivity index (χ4n) is 3.17. The van der Waals surface area contributed by atoms with Crippen LogP contribution in [-0.2, 0) is 14.8 Å². The van der Waals surface area contributed by atoms with Crippen molar-refractivity contribution in [2.75, 3.05) is 33.1 Å². The maximum atomic E-state index is 12.4. The van der Waals surface area contributed by atoms with Gasteiger partial charge in [-0.3, -0.25) is 9.59 Å². The lowest BCUT2D eigenvalue weighted by molar-refractivity contribution is -0.132. The molecule has 0 radical (unpaired) electrons. The number of carbonyl (C=O) groups is 2. The van der Waals surface area contributed by atoms with E-state index in [0.29, 0.717) is 49.6 Å². The van der Waals surface area contributed by atoms with Crippen molar-refractivity contribution in [3.8, 4) is 11.5 Å². The smallest absolute Gasteiger partial charge is 0.222 e. The Balaban J connectivity index is 1.80. The molecule has 0 bridgehead atoms. The third-order valence-corrected chi connectivity index (χ3v) is 5.28. The Labute approximate surface area is 166 Å². The number of piperidine rings is 1. The molecule has 28 heavy (non-hydrogen) atoms. The first-order chi connectivity index (χ1) is 13.2. The van der Waals surface area contributed by atoms with Gasteiger partial charge in [0.05, 0.1) is 20.0 Å². The molecular formula is C19H28N2O6S. The standard InChI is InChI=1S/C19H28N2O6S/c1-14(22)15-8-9-17(18(12-15)26-2)27-11-5-7-19(23)21-10-4-6-16(13-21)20-28(3,24)25/h8-9,12,16,20H,4-7,10-11,13H2,1-3H3. The van der Waals surface area contributed by atoms with Crippen molar-refractivity contribution in [3.63, 3.8) is 0 Å². The lowest BCUT2D eigenvalue weighted by Crippen LogP contribution is -2.49. The van der Waals surface area contributed by atoms with Crippen LogP contribution >= 0.6 is 0 Å². The molecule has 9 heteroatoms. The monoisotopic (exact) mass is 412 g/mol. The highest BCUT2D eigenvalue weighted by Gasteiger charge is 2.25. The zero-order valence-electron chi connectivity index (χ0n) is 16.6. The zero-order valence-corrected chi connectivity index (χ0v) is 17.4. The molecule has 1 unspecified atom stereocenters. The van der Waals surface area contributed by atoms with Crippen LogP contribution in [0.5, 0.6) is 11.5 Å². The minimum atomic E-state index is -3.28. The van der Waals surface area contributed by atoms with Crippen LogP contribution in [0.4, 0.5) is 0 Å². The third kappa shape index (κ3) is 6.79. The Hall–Kier alpha value is -2.13. The van der Waals surface area contributed by atoms with Crippen LogP contribution in [-0.4, -0.2) is 64.1 Å². The van der Waals surface area contributed by atoms with Crippen molar-refractivity contribution < 1.29 is 27.5 Å². The molecule has 0 aliphatic carbocycles. The van der Waals surface area contributed by atoms with Crippen molar-refractivity contribution in [1.82, 2.24) is 9.62 Å². The van der Waals surface area contributed by atoms with Gasteiger partial charge < -0.3 is 14.4 Å². The van der Waals surface area contributed by atoms with Gasteiger partial charge in [-0.2, -0.15) is 0 Å². The second kappa shape index (κ2) is 9.88. The number of carbonyl (C=O) groups excluding carboxylic acids is 2. The number of benzene rings is 1. The van der Waals surface area contributed by atoms with Crippen LogP contribution in [0.3, 0.4) is 0 Å². The Morgan fingerprint density at radius 1 is 1.29 bits per heavy atom. The molecule has 1 saturated heterocycles. The minimum absolute atomic E-state index is 0.0116. The molecule has 1 N–H and O–H groups in total. The molecule has 1 aliphatic rings. The molecule has 1 atom stereocenters. The summed E-state index contributed by atoms with van der Waals surface area (Å²) in [5.74, 6) is 0.934. The molecule has 0 spiro atoms. The zero-order chi connectivity index (χ0) is 20.7. The number of sulfonamides is 1. The van der Waals surface area contributed by atoms with E-state index in [-0.39, 0.29) is 17.7 Å². The molecule has 0 aromatic heterocycles. The highest BCUT2D eigenvalue weighted by Crippen LogP contribution is 2.28. The summed E-state index contributed by atoms with van der Waals surface area (Å²) in [4.78, 5) is 25.5. The maximum absolute atomic E-state index is 12.4. The molecule has 1 aromatic rings. The molecule has 1 fully saturated rings. The number of nitrogens with zero attached hydrogens (tertiary/aromatic N) is 1. The van der Waals surface area contributed by atoms with E-state index >= 15 is 0 Å². The number of methoxy groups -OCH3 is 1. The van der Waals surface area contributed by atoms with Gasteiger partial charge >= 0.3 is 0 Å². The summed E-state index contributed by atoms with van der Waals surface area (Å²) >= 11 is 0. The quantitative estimate of drug-likeness (QED) is 0.488. The molecule has 1 aromatic carbocycles. The molecule has 1 heterocycles. The van der Waals surface area contributed by atoms with Gasteiger partial charge in [0.1, 0.15) is 0 Å². The number of hydrogen-bond donors (Lipinski definition) is 1. The van der Waals surface area contributed by atoms with Gasteiger partial charge in [0.25, 0.3) is 0 Å².